The van der Waals surface area contributed by atoms with Crippen molar-refractivity contribution in [2.45, 2.75) is 20.3 Å². The van der Waals surface area contributed by atoms with Gasteiger partial charge >= 0.3 is 0 Å². The van der Waals surface area contributed by atoms with Crippen LogP contribution >= 0.6 is 0 Å². The zero-order valence-corrected chi connectivity index (χ0v) is 18.2. The van der Waals surface area contributed by atoms with Gasteiger partial charge in [0.2, 0.25) is 0 Å². The second-order valence-corrected chi connectivity index (χ2v) is 7.67. The molecule has 1 N–H and O–H groups in total. The molecule has 162 valence electrons. The van der Waals surface area contributed by atoms with E-state index in [0.717, 1.165) is 39.0 Å². The van der Waals surface area contributed by atoms with E-state index in [4.69, 9.17) is 9.72 Å². The van der Waals surface area contributed by atoms with Gasteiger partial charge in [-0.2, -0.15) is 0 Å². The SMILES string of the molecule is CCOc1ccc(-c2cc(C(=O)NCCc3ccc(F)cc3)c3cc(C)ccc3n2)cc1. The van der Waals surface area contributed by atoms with Gasteiger partial charge in [0.25, 0.3) is 5.91 Å². The number of fused-ring (bicyclic) bond motifs is 1. The topological polar surface area (TPSA) is 51.2 Å². The standard InChI is InChI=1S/C27H25FN2O2/c1-3-32-22-11-7-20(8-12-22)26-17-24(23-16-18(2)4-13-25(23)30-26)27(31)29-15-14-19-5-9-21(28)10-6-19/h4-13,16-17H,3,14-15H2,1-2H3,(H,29,31). The number of hydrogen-bond donors (Lipinski definition) is 1. The molecule has 0 saturated carbocycles. The maximum atomic E-state index is 13.1. The van der Waals surface area contributed by atoms with Crippen molar-refractivity contribution in [1.29, 1.82) is 0 Å². The predicted molar refractivity (Wildman–Crippen MR) is 126 cm³/mol. The molecule has 0 bridgehead atoms. The van der Waals surface area contributed by atoms with Crippen LogP contribution in [0.3, 0.4) is 0 Å². The highest BCUT2D eigenvalue weighted by Crippen LogP contribution is 2.27. The zero-order valence-electron chi connectivity index (χ0n) is 18.2. The second kappa shape index (κ2) is 9.60. The summed E-state index contributed by atoms with van der Waals surface area (Å²) in [6.45, 7) is 5.01. The van der Waals surface area contributed by atoms with E-state index in [9.17, 15) is 9.18 Å². The van der Waals surface area contributed by atoms with Crippen molar-refractivity contribution < 1.29 is 13.9 Å². The Labute approximate surface area is 187 Å². The Morgan fingerprint density at radius 2 is 1.75 bits per heavy atom. The third-order valence-corrected chi connectivity index (χ3v) is 5.28. The van der Waals surface area contributed by atoms with E-state index < -0.39 is 0 Å². The summed E-state index contributed by atoms with van der Waals surface area (Å²) in [5, 5.41) is 3.82. The molecule has 1 amide bonds. The number of ether oxygens (including phenoxy) is 1. The number of pyridine rings is 1. The Kier molecular flexibility index (Phi) is 6.45. The number of nitrogens with one attached hydrogen (secondary N) is 1. The average Bonchev–Trinajstić information content (AvgIpc) is 2.80. The first kappa shape index (κ1) is 21.5. The lowest BCUT2D eigenvalue weighted by atomic mass is 10.0. The van der Waals surface area contributed by atoms with Crippen LogP contribution in [0, 0.1) is 12.7 Å². The summed E-state index contributed by atoms with van der Waals surface area (Å²) in [6, 6.07) is 21.8. The summed E-state index contributed by atoms with van der Waals surface area (Å²) < 4.78 is 18.6. The lowest BCUT2D eigenvalue weighted by molar-refractivity contribution is 0.0955. The minimum atomic E-state index is -0.266. The highest BCUT2D eigenvalue weighted by Gasteiger charge is 2.14. The number of benzene rings is 3. The number of halogens is 1. The van der Waals surface area contributed by atoms with Crippen LogP contribution in [-0.2, 0) is 6.42 Å². The number of aryl methyl sites for hydroxylation is 1. The fraction of sp³-hybridized carbons (Fsp3) is 0.185. The van der Waals surface area contributed by atoms with Crippen molar-refractivity contribution in [3.8, 4) is 17.0 Å². The predicted octanol–water partition coefficient (Wildman–Crippen LogP) is 5.72. The van der Waals surface area contributed by atoms with Gasteiger partial charge in [0.05, 0.1) is 23.4 Å². The summed E-state index contributed by atoms with van der Waals surface area (Å²) in [7, 11) is 0. The first-order valence-corrected chi connectivity index (χ1v) is 10.7. The lowest BCUT2D eigenvalue weighted by Crippen LogP contribution is -2.26. The molecule has 1 aromatic heterocycles. The summed E-state index contributed by atoms with van der Waals surface area (Å²) in [4.78, 5) is 17.9. The minimum Gasteiger partial charge on any atom is -0.494 e. The van der Waals surface area contributed by atoms with Crippen LogP contribution in [-0.4, -0.2) is 24.0 Å². The molecule has 0 unspecified atom stereocenters. The number of rotatable bonds is 7. The average molecular weight is 429 g/mol. The molecule has 32 heavy (non-hydrogen) atoms. The molecule has 1 heterocycles. The van der Waals surface area contributed by atoms with Gasteiger partial charge in [-0.05, 0) is 80.4 Å². The van der Waals surface area contributed by atoms with Gasteiger partial charge in [-0.3, -0.25) is 4.79 Å². The fourth-order valence-corrected chi connectivity index (χ4v) is 3.63. The van der Waals surface area contributed by atoms with Gasteiger partial charge in [-0.15, -0.1) is 0 Å². The summed E-state index contributed by atoms with van der Waals surface area (Å²) in [5.74, 6) is 0.377. The van der Waals surface area contributed by atoms with E-state index in [1.54, 1.807) is 12.1 Å². The molecule has 0 aliphatic heterocycles. The number of carbonyl (C=O) groups excluding carboxylic acids is 1. The van der Waals surface area contributed by atoms with Gasteiger partial charge in [0, 0.05) is 17.5 Å². The molecule has 4 aromatic rings. The summed E-state index contributed by atoms with van der Waals surface area (Å²) in [6.07, 6.45) is 0.625. The molecule has 0 aliphatic rings. The maximum absolute atomic E-state index is 13.1. The molecule has 4 nitrogen and oxygen atoms in total. The third-order valence-electron chi connectivity index (χ3n) is 5.28. The maximum Gasteiger partial charge on any atom is 0.252 e. The number of nitrogens with zero attached hydrogens (tertiary/aromatic N) is 1. The van der Waals surface area contributed by atoms with Crippen LogP contribution in [0.2, 0.25) is 0 Å². The summed E-state index contributed by atoms with van der Waals surface area (Å²) in [5.41, 5.74) is 5.03. The molecule has 4 rings (SSSR count). The van der Waals surface area contributed by atoms with Gasteiger partial charge < -0.3 is 10.1 Å². The number of hydrogen-bond acceptors (Lipinski definition) is 3. The Bertz CT molecular complexity index is 1240. The zero-order chi connectivity index (χ0) is 22.5. The highest BCUT2D eigenvalue weighted by molar-refractivity contribution is 6.07. The number of carbonyl (C=O) groups is 1. The van der Waals surface area contributed by atoms with Gasteiger partial charge in [-0.1, -0.05) is 23.8 Å². The van der Waals surface area contributed by atoms with Crippen LogP contribution in [0.4, 0.5) is 4.39 Å². The second-order valence-electron chi connectivity index (χ2n) is 7.67. The van der Waals surface area contributed by atoms with Crippen molar-refractivity contribution in [1.82, 2.24) is 10.3 Å². The molecule has 0 aliphatic carbocycles. The fourth-order valence-electron chi connectivity index (χ4n) is 3.63. The van der Waals surface area contributed by atoms with E-state index in [2.05, 4.69) is 5.32 Å². The van der Waals surface area contributed by atoms with Crippen LogP contribution in [0.5, 0.6) is 5.75 Å². The first-order chi connectivity index (χ1) is 15.5. The molecule has 0 atom stereocenters. The minimum absolute atomic E-state index is 0.155. The molecule has 0 saturated heterocycles. The monoisotopic (exact) mass is 428 g/mol. The Morgan fingerprint density at radius 1 is 1.00 bits per heavy atom. The van der Waals surface area contributed by atoms with Crippen LogP contribution in [0.25, 0.3) is 22.2 Å². The summed E-state index contributed by atoms with van der Waals surface area (Å²) >= 11 is 0. The largest absolute Gasteiger partial charge is 0.494 e. The first-order valence-electron chi connectivity index (χ1n) is 10.7. The molecule has 3 aromatic carbocycles. The molecular formula is C27H25FN2O2. The quantitative estimate of drug-likeness (QED) is 0.410. The Balaban J connectivity index is 1.61. The Morgan fingerprint density at radius 3 is 2.47 bits per heavy atom. The van der Waals surface area contributed by atoms with Crippen LogP contribution in [0.15, 0.2) is 72.8 Å². The van der Waals surface area contributed by atoms with Crippen LogP contribution < -0.4 is 10.1 Å². The normalized spacial score (nSPS) is 10.8. The van der Waals surface area contributed by atoms with Gasteiger partial charge in [0.15, 0.2) is 0 Å². The van der Waals surface area contributed by atoms with Crippen molar-refractivity contribution in [2.24, 2.45) is 0 Å². The Hall–Kier alpha value is -3.73. The van der Waals surface area contributed by atoms with E-state index in [1.165, 1.54) is 12.1 Å². The molecule has 0 radical (unpaired) electrons. The van der Waals surface area contributed by atoms with E-state index >= 15 is 0 Å². The third kappa shape index (κ3) is 4.94. The lowest BCUT2D eigenvalue weighted by Gasteiger charge is -2.12. The molecule has 5 heteroatoms. The van der Waals surface area contributed by atoms with Crippen molar-refractivity contribution in [2.75, 3.05) is 13.2 Å². The number of aromatic nitrogens is 1. The van der Waals surface area contributed by atoms with Crippen molar-refractivity contribution in [3.63, 3.8) is 0 Å². The van der Waals surface area contributed by atoms with Crippen molar-refractivity contribution >= 4 is 16.8 Å². The van der Waals surface area contributed by atoms with Crippen LogP contribution in [0.1, 0.15) is 28.4 Å². The van der Waals surface area contributed by atoms with E-state index in [0.29, 0.717) is 25.1 Å². The molecular weight excluding hydrogens is 403 g/mol. The smallest absolute Gasteiger partial charge is 0.252 e. The van der Waals surface area contributed by atoms with Gasteiger partial charge in [-0.25, -0.2) is 9.37 Å². The van der Waals surface area contributed by atoms with E-state index in [-0.39, 0.29) is 11.7 Å². The van der Waals surface area contributed by atoms with Gasteiger partial charge in [0.1, 0.15) is 11.6 Å². The van der Waals surface area contributed by atoms with E-state index in [1.807, 2.05) is 62.4 Å². The highest BCUT2D eigenvalue weighted by atomic mass is 19.1. The number of amides is 1. The molecule has 0 spiro atoms. The van der Waals surface area contributed by atoms with Crippen molar-refractivity contribution in [3.05, 3.63) is 95.3 Å². The molecule has 0 fully saturated rings.